The quantitative estimate of drug-likeness (QED) is 0.737. The number of hydrogen-bond donors (Lipinski definition) is 2. The predicted octanol–water partition coefficient (Wildman–Crippen LogP) is 2.92. The molecular weight excluding hydrogens is 347 g/mol. The number of para-hydroxylation sites is 1. The van der Waals surface area contributed by atoms with Gasteiger partial charge < -0.3 is 15.5 Å². The van der Waals surface area contributed by atoms with Crippen LogP contribution in [0.2, 0.25) is 0 Å². The van der Waals surface area contributed by atoms with Crippen LogP contribution in [-0.2, 0) is 6.18 Å². The fraction of sp³-hybridized carbons (Fsp3) is 0.353. The Labute approximate surface area is 149 Å². The minimum Gasteiger partial charge on any atom is -0.351 e. The first-order valence-electron chi connectivity index (χ1n) is 7.96. The Bertz CT molecular complexity index is 749. The van der Waals surface area contributed by atoms with Gasteiger partial charge in [-0.05, 0) is 45.3 Å². The van der Waals surface area contributed by atoms with Gasteiger partial charge in [0, 0.05) is 12.7 Å². The highest BCUT2D eigenvalue weighted by molar-refractivity contribution is 5.92. The van der Waals surface area contributed by atoms with Gasteiger partial charge in [-0.25, -0.2) is 9.97 Å². The molecule has 1 aromatic heterocycles. The average Bonchev–Trinajstić information content (AvgIpc) is 2.58. The molecule has 0 bridgehead atoms. The number of benzene rings is 1. The number of alkyl halides is 3. The molecular formula is C17H20F3N5O. The first kappa shape index (κ1) is 19.6. The zero-order valence-corrected chi connectivity index (χ0v) is 14.5. The molecule has 0 atom stereocenters. The number of nitrogens with one attached hydrogen (secondary N) is 2. The van der Waals surface area contributed by atoms with E-state index in [1.165, 1.54) is 30.5 Å². The second-order valence-electron chi connectivity index (χ2n) is 5.85. The number of aromatic nitrogens is 2. The summed E-state index contributed by atoms with van der Waals surface area (Å²) in [5.74, 6) is -0.485. The van der Waals surface area contributed by atoms with Crippen LogP contribution >= 0.6 is 0 Å². The number of nitrogens with zero attached hydrogens (tertiary/aromatic N) is 3. The summed E-state index contributed by atoms with van der Waals surface area (Å²) in [5.41, 5.74) is -0.928. The van der Waals surface area contributed by atoms with Crippen molar-refractivity contribution in [3.05, 3.63) is 47.8 Å². The molecule has 0 unspecified atom stereocenters. The summed E-state index contributed by atoms with van der Waals surface area (Å²) in [4.78, 5) is 22.0. The van der Waals surface area contributed by atoms with E-state index >= 15 is 0 Å². The van der Waals surface area contributed by atoms with Crippen LogP contribution in [0.1, 0.15) is 22.5 Å². The number of carbonyl (C=O) groups excluding carboxylic acids is 1. The molecule has 1 heterocycles. The van der Waals surface area contributed by atoms with Gasteiger partial charge in [-0.1, -0.05) is 12.1 Å². The molecule has 2 rings (SSSR count). The molecule has 140 valence electrons. The molecule has 0 spiro atoms. The molecule has 1 aromatic carbocycles. The van der Waals surface area contributed by atoms with Crippen LogP contribution in [0.15, 0.2) is 36.5 Å². The van der Waals surface area contributed by atoms with Crippen LogP contribution in [0.4, 0.5) is 24.8 Å². The summed E-state index contributed by atoms with van der Waals surface area (Å²) in [6.45, 7) is 1.30. The van der Waals surface area contributed by atoms with Gasteiger partial charge in [-0.2, -0.15) is 13.2 Å². The highest BCUT2D eigenvalue weighted by Crippen LogP contribution is 2.35. The molecule has 0 fully saturated rings. The van der Waals surface area contributed by atoms with Crippen LogP contribution in [0, 0.1) is 0 Å². The molecule has 2 aromatic rings. The summed E-state index contributed by atoms with van der Waals surface area (Å²) >= 11 is 0. The van der Waals surface area contributed by atoms with Crippen LogP contribution in [0.5, 0.6) is 0 Å². The van der Waals surface area contributed by atoms with Crippen molar-refractivity contribution in [1.29, 1.82) is 0 Å². The zero-order chi connectivity index (χ0) is 19.2. The van der Waals surface area contributed by atoms with E-state index in [9.17, 15) is 18.0 Å². The third-order valence-corrected chi connectivity index (χ3v) is 3.43. The van der Waals surface area contributed by atoms with E-state index in [1.54, 1.807) is 0 Å². The van der Waals surface area contributed by atoms with Crippen LogP contribution in [-0.4, -0.2) is 48.0 Å². The molecule has 0 saturated carbocycles. The largest absolute Gasteiger partial charge is 0.418 e. The van der Waals surface area contributed by atoms with Crippen molar-refractivity contribution < 1.29 is 18.0 Å². The van der Waals surface area contributed by atoms with E-state index in [1.807, 2.05) is 19.0 Å². The van der Waals surface area contributed by atoms with Gasteiger partial charge in [0.15, 0.2) is 0 Å². The fourth-order valence-corrected chi connectivity index (χ4v) is 2.19. The Morgan fingerprint density at radius 3 is 2.62 bits per heavy atom. The number of halogens is 3. The molecule has 26 heavy (non-hydrogen) atoms. The molecule has 1 amide bonds. The predicted molar refractivity (Wildman–Crippen MR) is 92.3 cm³/mol. The molecule has 0 saturated heterocycles. The third kappa shape index (κ3) is 5.69. The zero-order valence-electron chi connectivity index (χ0n) is 14.5. The molecule has 2 N–H and O–H groups in total. The summed E-state index contributed by atoms with van der Waals surface area (Å²) in [6, 6.07) is 6.41. The summed E-state index contributed by atoms with van der Waals surface area (Å²) in [7, 11) is 3.87. The van der Waals surface area contributed by atoms with Crippen molar-refractivity contribution in [1.82, 2.24) is 20.2 Å². The number of rotatable bonds is 7. The Balaban J connectivity index is 2.07. The normalized spacial score (nSPS) is 11.5. The van der Waals surface area contributed by atoms with Gasteiger partial charge in [0.2, 0.25) is 5.95 Å². The minimum atomic E-state index is -4.51. The lowest BCUT2D eigenvalue weighted by Crippen LogP contribution is -2.28. The minimum absolute atomic E-state index is 0.0804. The van der Waals surface area contributed by atoms with E-state index in [0.717, 1.165) is 19.0 Å². The lowest BCUT2D eigenvalue weighted by molar-refractivity contribution is -0.136. The molecule has 6 nitrogen and oxygen atoms in total. The smallest absolute Gasteiger partial charge is 0.351 e. The Morgan fingerprint density at radius 1 is 1.19 bits per heavy atom. The van der Waals surface area contributed by atoms with Crippen molar-refractivity contribution in [3.8, 4) is 0 Å². The fourth-order valence-electron chi connectivity index (χ4n) is 2.19. The Morgan fingerprint density at radius 2 is 1.92 bits per heavy atom. The van der Waals surface area contributed by atoms with Crippen LogP contribution in [0.3, 0.4) is 0 Å². The maximum Gasteiger partial charge on any atom is 0.418 e. The third-order valence-electron chi connectivity index (χ3n) is 3.43. The van der Waals surface area contributed by atoms with Gasteiger partial charge in [-0.3, -0.25) is 4.79 Å². The first-order chi connectivity index (χ1) is 12.3. The second kappa shape index (κ2) is 8.61. The van der Waals surface area contributed by atoms with E-state index in [4.69, 9.17) is 0 Å². The standard InChI is InChI=1S/C17H20F3N5O/c1-25(2)11-5-9-21-15(26)14-8-10-22-16(24-14)23-13-7-4-3-6-12(13)17(18,19)20/h3-4,6-8,10H,5,9,11H2,1-2H3,(H,21,26)(H,22,23,24). The average molecular weight is 367 g/mol. The highest BCUT2D eigenvalue weighted by atomic mass is 19.4. The highest BCUT2D eigenvalue weighted by Gasteiger charge is 2.33. The maximum atomic E-state index is 13.0. The second-order valence-corrected chi connectivity index (χ2v) is 5.85. The SMILES string of the molecule is CN(C)CCCNC(=O)c1ccnc(Nc2ccccc2C(F)(F)F)n1. The van der Waals surface area contributed by atoms with Gasteiger partial charge >= 0.3 is 6.18 Å². The molecule has 9 heteroatoms. The number of amides is 1. The molecule has 0 radical (unpaired) electrons. The Hall–Kier alpha value is -2.68. The topological polar surface area (TPSA) is 70.2 Å². The van der Waals surface area contributed by atoms with Crippen molar-refractivity contribution in [3.63, 3.8) is 0 Å². The van der Waals surface area contributed by atoms with E-state index in [2.05, 4.69) is 20.6 Å². The number of carbonyl (C=O) groups is 1. The van der Waals surface area contributed by atoms with Gasteiger partial charge in [0.1, 0.15) is 5.69 Å². The molecule has 0 aliphatic rings. The van der Waals surface area contributed by atoms with E-state index < -0.39 is 17.6 Å². The molecule has 0 aliphatic carbocycles. The number of anilines is 2. The van der Waals surface area contributed by atoms with Crippen molar-refractivity contribution in [2.75, 3.05) is 32.5 Å². The number of hydrogen-bond acceptors (Lipinski definition) is 5. The summed E-state index contributed by atoms with van der Waals surface area (Å²) < 4.78 is 39.1. The van der Waals surface area contributed by atoms with Crippen molar-refractivity contribution in [2.45, 2.75) is 12.6 Å². The summed E-state index contributed by atoms with van der Waals surface area (Å²) in [5, 5.41) is 5.25. The van der Waals surface area contributed by atoms with Crippen LogP contribution < -0.4 is 10.6 Å². The van der Waals surface area contributed by atoms with Crippen LogP contribution in [0.25, 0.3) is 0 Å². The van der Waals surface area contributed by atoms with E-state index in [-0.39, 0.29) is 17.3 Å². The van der Waals surface area contributed by atoms with Gasteiger partial charge in [0.05, 0.1) is 11.3 Å². The monoisotopic (exact) mass is 367 g/mol. The van der Waals surface area contributed by atoms with Crippen molar-refractivity contribution >= 4 is 17.5 Å². The lowest BCUT2D eigenvalue weighted by Gasteiger charge is -2.13. The summed E-state index contributed by atoms with van der Waals surface area (Å²) in [6.07, 6.45) is -2.42. The maximum absolute atomic E-state index is 13.0. The van der Waals surface area contributed by atoms with Gasteiger partial charge in [-0.15, -0.1) is 0 Å². The Kier molecular flexibility index (Phi) is 6.51. The van der Waals surface area contributed by atoms with E-state index in [0.29, 0.717) is 6.54 Å². The van der Waals surface area contributed by atoms with Crippen molar-refractivity contribution in [2.24, 2.45) is 0 Å². The van der Waals surface area contributed by atoms with Gasteiger partial charge in [0.25, 0.3) is 5.91 Å². The lowest BCUT2D eigenvalue weighted by atomic mass is 10.1. The first-order valence-corrected chi connectivity index (χ1v) is 7.96. The molecule has 0 aliphatic heterocycles.